The van der Waals surface area contributed by atoms with Crippen LogP contribution >= 0.6 is 11.6 Å². The fraction of sp³-hybridized carbons (Fsp3) is 0.450. The first-order valence-electron chi connectivity index (χ1n) is 9.76. The molecule has 1 saturated heterocycles. The highest BCUT2D eigenvalue weighted by molar-refractivity contribution is 6.32. The largest absolute Gasteiger partial charge is 0.382 e. The summed E-state index contributed by atoms with van der Waals surface area (Å²) in [6, 6.07) is 4.60. The summed E-state index contributed by atoms with van der Waals surface area (Å²) in [5, 5.41) is 12.4. The zero-order valence-electron chi connectivity index (χ0n) is 16.2. The Bertz CT molecular complexity index is 1060. The van der Waals surface area contributed by atoms with Crippen LogP contribution in [0.4, 0.5) is 10.1 Å². The number of aromatic nitrogens is 3. The first-order valence-corrected chi connectivity index (χ1v) is 10.1. The molecule has 0 aliphatic carbocycles. The Hall–Kier alpha value is -2.45. The van der Waals surface area contributed by atoms with Crippen LogP contribution in [0.3, 0.4) is 0 Å². The van der Waals surface area contributed by atoms with Crippen LogP contribution in [0.25, 0.3) is 11.0 Å². The zero-order chi connectivity index (χ0) is 20.4. The molecule has 3 heterocycles. The SMILES string of the molecule is Cn1ncc(NCCCN2CCC(c3noc4cc(F)ccc34)CC2)c(Cl)c1=O. The van der Waals surface area contributed by atoms with E-state index in [-0.39, 0.29) is 16.4 Å². The summed E-state index contributed by atoms with van der Waals surface area (Å²) in [4.78, 5) is 14.2. The van der Waals surface area contributed by atoms with Gasteiger partial charge in [0.2, 0.25) is 0 Å². The van der Waals surface area contributed by atoms with Crippen LogP contribution in [0.15, 0.2) is 33.7 Å². The summed E-state index contributed by atoms with van der Waals surface area (Å²) < 4.78 is 19.8. The quantitative estimate of drug-likeness (QED) is 0.617. The minimum atomic E-state index is -0.309. The third-order valence-corrected chi connectivity index (χ3v) is 5.85. The van der Waals surface area contributed by atoms with Crippen molar-refractivity contribution in [3.8, 4) is 0 Å². The molecule has 1 aliphatic heterocycles. The summed E-state index contributed by atoms with van der Waals surface area (Å²) >= 11 is 6.06. The van der Waals surface area contributed by atoms with E-state index in [1.807, 2.05) is 0 Å². The lowest BCUT2D eigenvalue weighted by atomic mass is 9.91. The average molecular weight is 420 g/mol. The van der Waals surface area contributed by atoms with E-state index in [4.69, 9.17) is 16.1 Å². The highest BCUT2D eigenvalue weighted by atomic mass is 35.5. The molecule has 0 bridgehead atoms. The number of fused-ring (bicyclic) bond motifs is 1. The molecule has 154 valence electrons. The molecule has 3 aromatic rings. The lowest BCUT2D eigenvalue weighted by molar-refractivity contribution is 0.209. The highest BCUT2D eigenvalue weighted by Crippen LogP contribution is 2.32. The number of anilines is 1. The van der Waals surface area contributed by atoms with Crippen molar-refractivity contribution in [3.05, 3.63) is 51.3 Å². The van der Waals surface area contributed by atoms with Crippen molar-refractivity contribution in [3.63, 3.8) is 0 Å². The van der Waals surface area contributed by atoms with Gasteiger partial charge in [-0.3, -0.25) is 4.79 Å². The summed E-state index contributed by atoms with van der Waals surface area (Å²) in [6.45, 7) is 3.64. The van der Waals surface area contributed by atoms with Crippen LogP contribution in [-0.2, 0) is 7.05 Å². The van der Waals surface area contributed by atoms with Gasteiger partial charge in [0, 0.05) is 31.0 Å². The van der Waals surface area contributed by atoms with Gasteiger partial charge in [0.1, 0.15) is 10.8 Å². The van der Waals surface area contributed by atoms with E-state index in [1.54, 1.807) is 19.3 Å². The minimum Gasteiger partial charge on any atom is -0.382 e. The second-order valence-corrected chi connectivity index (χ2v) is 7.78. The van der Waals surface area contributed by atoms with E-state index in [0.29, 0.717) is 23.7 Å². The molecular weight excluding hydrogens is 397 g/mol. The summed E-state index contributed by atoms with van der Waals surface area (Å²) in [5.41, 5.74) is 1.72. The third-order valence-electron chi connectivity index (χ3n) is 5.48. The second kappa shape index (κ2) is 8.51. The minimum absolute atomic E-state index is 0.169. The second-order valence-electron chi connectivity index (χ2n) is 7.41. The van der Waals surface area contributed by atoms with Crippen molar-refractivity contribution in [1.29, 1.82) is 0 Å². The number of likely N-dealkylation sites (tertiary alicyclic amines) is 1. The number of hydrogen-bond acceptors (Lipinski definition) is 6. The van der Waals surface area contributed by atoms with E-state index in [2.05, 4.69) is 20.5 Å². The van der Waals surface area contributed by atoms with Crippen molar-refractivity contribution >= 4 is 28.3 Å². The number of hydrogen-bond donors (Lipinski definition) is 1. The van der Waals surface area contributed by atoms with Crippen LogP contribution in [0.2, 0.25) is 5.02 Å². The van der Waals surface area contributed by atoms with Gasteiger partial charge in [-0.05, 0) is 51.0 Å². The summed E-state index contributed by atoms with van der Waals surface area (Å²) in [6.07, 6.45) is 4.50. The van der Waals surface area contributed by atoms with Crippen LogP contribution in [0.1, 0.15) is 30.9 Å². The monoisotopic (exact) mass is 419 g/mol. The molecule has 0 saturated carbocycles. The van der Waals surface area contributed by atoms with Crippen molar-refractivity contribution in [2.24, 2.45) is 7.05 Å². The molecule has 0 amide bonds. The molecule has 0 spiro atoms. The Morgan fingerprint density at radius 3 is 2.93 bits per heavy atom. The van der Waals surface area contributed by atoms with Gasteiger partial charge in [-0.1, -0.05) is 16.8 Å². The molecule has 0 radical (unpaired) electrons. The maximum absolute atomic E-state index is 13.3. The number of benzene rings is 1. The maximum atomic E-state index is 13.3. The molecule has 7 nitrogen and oxygen atoms in total. The summed E-state index contributed by atoms with van der Waals surface area (Å²) in [5.74, 6) is 0.0260. The highest BCUT2D eigenvalue weighted by Gasteiger charge is 2.24. The molecule has 9 heteroatoms. The third kappa shape index (κ3) is 4.28. The summed E-state index contributed by atoms with van der Waals surface area (Å²) in [7, 11) is 1.57. The molecule has 0 unspecified atom stereocenters. The van der Waals surface area contributed by atoms with Crippen LogP contribution in [-0.4, -0.2) is 46.0 Å². The average Bonchev–Trinajstić information content (AvgIpc) is 3.14. The predicted molar refractivity (Wildman–Crippen MR) is 110 cm³/mol. The van der Waals surface area contributed by atoms with Gasteiger partial charge in [0.25, 0.3) is 5.56 Å². The number of piperidine rings is 1. The molecule has 1 fully saturated rings. The van der Waals surface area contributed by atoms with Gasteiger partial charge in [-0.2, -0.15) is 5.10 Å². The molecule has 1 aliphatic rings. The van der Waals surface area contributed by atoms with Crippen molar-refractivity contribution in [2.75, 3.05) is 31.5 Å². The topological polar surface area (TPSA) is 76.2 Å². The van der Waals surface area contributed by atoms with Gasteiger partial charge in [0.15, 0.2) is 5.58 Å². The Morgan fingerprint density at radius 1 is 1.34 bits per heavy atom. The Kier molecular flexibility index (Phi) is 5.82. The van der Waals surface area contributed by atoms with E-state index in [9.17, 15) is 9.18 Å². The fourth-order valence-electron chi connectivity index (χ4n) is 3.81. The molecular formula is C20H23ClFN5O2. The lowest BCUT2D eigenvalue weighted by Crippen LogP contribution is -2.34. The van der Waals surface area contributed by atoms with E-state index < -0.39 is 0 Å². The Labute approximate surface area is 172 Å². The van der Waals surface area contributed by atoms with Gasteiger partial charge < -0.3 is 14.7 Å². The number of nitrogens with zero attached hydrogens (tertiary/aromatic N) is 4. The molecule has 1 N–H and O–H groups in total. The maximum Gasteiger partial charge on any atom is 0.287 e. The Morgan fingerprint density at radius 2 is 2.14 bits per heavy atom. The number of halogens is 2. The van der Waals surface area contributed by atoms with E-state index >= 15 is 0 Å². The predicted octanol–water partition coefficient (Wildman–Crippen LogP) is 3.40. The van der Waals surface area contributed by atoms with Gasteiger partial charge in [0.05, 0.1) is 17.6 Å². The Balaban J connectivity index is 1.25. The smallest absolute Gasteiger partial charge is 0.287 e. The standard InChI is InChI=1S/C20H23ClFN5O2/c1-26-20(28)18(21)16(12-24-26)23-7-2-8-27-9-5-13(6-10-27)19-15-4-3-14(22)11-17(15)29-25-19/h3-4,11-13,23H,2,5-10H2,1H3. The van der Waals surface area contributed by atoms with Gasteiger partial charge in [-0.25, -0.2) is 9.07 Å². The normalized spacial score (nSPS) is 15.8. The number of nitrogens with one attached hydrogen (secondary N) is 1. The van der Waals surface area contributed by atoms with E-state index in [0.717, 1.165) is 50.0 Å². The number of rotatable bonds is 6. The zero-order valence-corrected chi connectivity index (χ0v) is 17.0. The van der Waals surface area contributed by atoms with Gasteiger partial charge in [-0.15, -0.1) is 0 Å². The van der Waals surface area contributed by atoms with E-state index in [1.165, 1.54) is 16.8 Å². The first-order chi connectivity index (χ1) is 14.0. The molecule has 4 rings (SSSR count). The van der Waals surface area contributed by atoms with Crippen molar-refractivity contribution < 1.29 is 8.91 Å². The molecule has 0 atom stereocenters. The molecule has 1 aromatic carbocycles. The first kappa shape index (κ1) is 19.8. The van der Waals surface area contributed by atoms with Gasteiger partial charge >= 0.3 is 0 Å². The van der Waals surface area contributed by atoms with Crippen LogP contribution in [0.5, 0.6) is 0 Å². The molecule has 2 aromatic heterocycles. The van der Waals surface area contributed by atoms with Crippen molar-refractivity contribution in [1.82, 2.24) is 19.8 Å². The fourth-order valence-corrected chi connectivity index (χ4v) is 4.05. The number of aryl methyl sites for hydroxylation is 1. The van der Waals surface area contributed by atoms with Crippen LogP contribution < -0.4 is 10.9 Å². The molecule has 29 heavy (non-hydrogen) atoms. The lowest BCUT2D eigenvalue weighted by Gasteiger charge is -2.31. The van der Waals surface area contributed by atoms with Crippen LogP contribution in [0, 0.1) is 5.82 Å². The van der Waals surface area contributed by atoms with Crippen molar-refractivity contribution in [2.45, 2.75) is 25.2 Å².